The van der Waals surface area contributed by atoms with Gasteiger partial charge in [-0.05, 0) is 17.7 Å². The van der Waals surface area contributed by atoms with Crippen LogP contribution in [0.2, 0.25) is 0 Å². The van der Waals surface area contributed by atoms with Crippen LogP contribution in [-0.2, 0) is 11.3 Å². The molecule has 1 saturated heterocycles. The van der Waals surface area contributed by atoms with E-state index in [0.29, 0.717) is 23.5 Å². The molecule has 0 radical (unpaired) electrons. The Balaban J connectivity index is 1.60. The van der Waals surface area contributed by atoms with Gasteiger partial charge in [0, 0.05) is 11.0 Å². The van der Waals surface area contributed by atoms with Gasteiger partial charge in [0.2, 0.25) is 0 Å². The number of aliphatic hydroxyl groups is 3. The van der Waals surface area contributed by atoms with E-state index in [1.54, 1.807) is 0 Å². The summed E-state index contributed by atoms with van der Waals surface area (Å²) in [5.74, 6) is 0.547. The van der Waals surface area contributed by atoms with Gasteiger partial charge in [0.15, 0.2) is 23.2 Å². The van der Waals surface area contributed by atoms with E-state index in [1.165, 1.54) is 17.2 Å². The smallest absolute Gasteiger partial charge is 0.167 e. The van der Waals surface area contributed by atoms with E-state index >= 15 is 0 Å². The highest BCUT2D eigenvalue weighted by atomic mass is 79.9. The van der Waals surface area contributed by atoms with Crippen molar-refractivity contribution in [3.05, 3.63) is 47.0 Å². The molecule has 4 rings (SSSR count). The molecule has 0 saturated carbocycles. The fraction of sp³-hybridized carbons (Fsp3) is 0.353. The normalized spacial score (nSPS) is 25.2. The van der Waals surface area contributed by atoms with E-state index in [-0.39, 0.29) is 0 Å². The van der Waals surface area contributed by atoms with Crippen molar-refractivity contribution in [1.82, 2.24) is 19.5 Å². The first kappa shape index (κ1) is 18.3. The third kappa shape index (κ3) is 3.42. The number of imidazole rings is 1. The van der Waals surface area contributed by atoms with Crippen molar-refractivity contribution in [1.29, 1.82) is 0 Å². The van der Waals surface area contributed by atoms with Crippen LogP contribution in [0.5, 0.6) is 0 Å². The zero-order valence-electron chi connectivity index (χ0n) is 14.1. The Morgan fingerprint density at radius 3 is 2.78 bits per heavy atom. The van der Waals surface area contributed by atoms with Crippen LogP contribution in [0.3, 0.4) is 0 Å². The van der Waals surface area contributed by atoms with Gasteiger partial charge in [-0.2, -0.15) is 0 Å². The van der Waals surface area contributed by atoms with Gasteiger partial charge in [-0.25, -0.2) is 15.0 Å². The highest BCUT2D eigenvalue weighted by Crippen LogP contribution is 2.32. The van der Waals surface area contributed by atoms with Crippen LogP contribution >= 0.6 is 15.9 Å². The predicted molar refractivity (Wildman–Crippen MR) is 99.8 cm³/mol. The first-order valence-electron chi connectivity index (χ1n) is 8.37. The van der Waals surface area contributed by atoms with E-state index in [9.17, 15) is 15.3 Å². The molecule has 0 bridgehead atoms. The lowest BCUT2D eigenvalue weighted by Crippen LogP contribution is -2.33. The van der Waals surface area contributed by atoms with Crippen LogP contribution in [0.25, 0.3) is 11.2 Å². The fourth-order valence-electron chi connectivity index (χ4n) is 3.11. The maximum atomic E-state index is 10.2. The van der Waals surface area contributed by atoms with Crippen LogP contribution in [0.15, 0.2) is 41.4 Å². The molecule has 1 unspecified atom stereocenters. The van der Waals surface area contributed by atoms with Gasteiger partial charge in [0.1, 0.15) is 24.6 Å². The Labute approximate surface area is 162 Å². The van der Waals surface area contributed by atoms with Gasteiger partial charge < -0.3 is 25.4 Å². The largest absolute Gasteiger partial charge is 0.394 e. The summed E-state index contributed by atoms with van der Waals surface area (Å²) in [5, 5.41) is 32.7. The maximum Gasteiger partial charge on any atom is 0.167 e. The zero-order valence-corrected chi connectivity index (χ0v) is 15.7. The molecule has 9 nitrogen and oxygen atoms in total. The molecule has 2 aromatic heterocycles. The van der Waals surface area contributed by atoms with E-state index in [2.05, 4.69) is 36.2 Å². The summed E-state index contributed by atoms with van der Waals surface area (Å²) in [6.45, 7) is 0.155. The Kier molecular flexibility index (Phi) is 5.06. The van der Waals surface area contributed by atoms with Crippen molar-refractivity contribution in [2.45, 2.75) is 31.1 Å². The summed E-state index contributed by atoms with van der Waals surface area (Å²) in [7, 11) is 0. The molecule has 4 atom stereocenters. The molecular weight excluding hydrogens is 418 g/mol. The number of nitrogens with one attached hydrogen (secondary N) is 1. The standard InChI is InChI=1S/C17H18BrN5O4/c18-10-3-1-2-9(4-10)5-19-15-12-16(21-7-20-15)23(8-22-12)17-14(26)13(25)11(6-24)27-17/h1-4,7-8,11,13-14,17,24-26H,5-6H2,(H,19,20,21)/t11-,13-,14-,17?/m1/s1. The molecule has 1 fully saturated rings. The SMILES string of the molecule is OC[C@H]1OC(n2cnc3c(NCc4cccc(Br)c4)ncnc32)[C@H](O)[C@@H]1O. The minimum absolute atomic E-state index is 0.393. The van der Waals surface area contributed by atoms with Crippen molar-refractivity contribution in [3.8, 4) is 0 Å². The van der Waals surface area contributed by atoms with Crippen molar-refractivity contribution in [3.63, 3.8) is 0 Å². The monoisotopic (exact) mass is 435 g/mol. The molecule has 1 aromatic carbocycles. The molecule has 1 aliphatic rings. The topological polar surface area (TPSA) is 126 Å². The maximum absolute atomic E-state index is 10.2. The van der Waals surface area contributed by atoms with Crippen molar-refractivity contribution in [2.24, 2.45) is 0 Å². The highest BCUT2D eigenvalue weighted by Gasteiger charge is 2.44. The van der Waals surface area contributed by atoms with Crippen LogP contribution < -0.4 is 5.32 Å². The minimum Gasteiger partial charge on any atom is -0.394 e. The number of aromatic nitrogens is 4. The number of ether oxygens (including phenoxy) is 1. The number of rotatable bonds is 5. The summed E-state index contributed by atoms with van der Waals surface area (Å²) in [5.41, 5.74) is 2.04. The second kappa shape index (κ2) is 7.49. The van der Waals surface area contributed by atoms with Crippen molar-refractivity contribution >= 4 is 32.9 Å². The van der Waals surface area contributed by atoms with Gasteiger partial charge in [-0.3, -0.25) is 4.57 Å². The van der Waals surface area contributed by atoms with Crippen LogP contribution in [0.1, 0.15) is 11.8 Å². The Bertz CT molecular complexity index is 952. The number of fused-ring (bicyclic) bond motifs is 1. The zero-order chi connectivity index (χ0) is 19.0. The van der Waals surface area contributed by atoms with E-state index in [0.717, 1.165) is 10.0 Å². The summed E-state index contributed by atoms with van der Waals surface area (Å²) in [4.78, 5) is 12.8. The van der Waals surface area contributed by atoms with E-state index < -0.39 is 31.1 Å². The second-order valence-electron chi connectivity index (χ2n) is 6.26. The van der Waals surface area contributed by atoms with Crippen molar-refractivity contribution in [2.75, 3.05) is 11.9 Å². The van der Waals surface area contributed by atoms with Gasteiger partial charge in [-0.1, -0.05) is 28.1 Å². The van der Waals surface area contributed by atoms with E-state index in [4.69, 9.17) is 4.74 Å². The Morgan fingerprint density at radius 1 is 1.19 bits per heavy atom. The Hall–Kier alpha value is -2.11. The molecule has 3 aromatic rings. The molecular formula is C17H18BrN5O4. The number of halogens is 1. The molecule has 0 amide bonds. The lowest BCUT2D eigenvalue weighted by Gasteiger charge is -2.16. The summed E-state index contributed by atoms with van der Waals surface area (Å²) < 4.78 is 8.08. The molecule has 142 valence electrons. The number of hydrogen-bond donors (Lipinski definition) is 4. The third-order valence-corrected chi connectivity index (χ3v) is 4.99. The number of nitrogens with zero attached hydrogens (tertiary/aromatic N) is 4. The van der Waals surface area contributed by atoms with Gasteiger partial charge >= 0.3 is 0 Å². The summed E-state index contributed by atoms with van der Waals surface area (Å²) in [6, 6.07) is 7.90. The molecule has 1 aliphatic heterocycles. The quantitative estimate of drug-likeness (QED) is 0.463. The number of hydrogen-bond acceptors (Lipinski definition) is 8. The number of anilines is 1. The van der Waals surface area contributed by atoms with Gasteiger partial charge in [0.05, 0.1) is 12.9 Å². The average Bonchev–Trinajstić information content (AvgIpc) is 3.22. The van der Waals surface area contributed by atoms with Crippen molar-refractivity contribution < 1.29 is 20.1 Å². The fourth-order valence-corrected chi connectivity index (χ4v) is 3.56. The van der Waals surface area contributed by atoms with Gasteiger partial charge in [-0.15, -0.1) is 0 Å². The minimum atomic E-state index is -1.20. The Morgan fingerprint density at radius 2 is 2.04 bits per heavy atom. The van der Waals surface area contributed by atoms with Crippen LogP contribution in [-0.4, -0.2) is 59.8 Å². The molecule has 0 aliphatic carbocycles. The first-order valence-corrected chi connectivity index (χ1v) is 9.16. The van der Waals surface area contributed by atoms with Crippen LogP contribution in [0, 0.1) is 0 Å². The number of benzene rings is 1. The van der Waals surface area contributed by atoms with Gasteiger partial charge in [0.25, 0.3) is 0 Å². The predicted octanol–water partition coefficient (Wildman–Crippen LogP) is 0.812. The molecule has 0 spiro atoms. The third-order valence-electron chi connectivity index (χ3n) is 4.50. The van der Waals surface area contributed by atoms with E-state index in [1.807, 2.05) is 24.3 Å². The molecule has 4 N–H and O–H groups in total. The summed E-state index contributed by atoms with van der Waals surface area (Å²) >= 11 is 3.45. The first-order chi connectivity index (χ1) is 13.1. The lowest BCUT2D eigenvalue weighted by atomic mass is 10.1. The highest BCUT2D eigenvalue weighted by molar-refractivity contribution is 9.10. The molecule has 27 heavy (non-hydrogen) atoms. The lowest BCUT2D eigenvalue weighted by molar-refractivity contribution is -0.0511. The average molecular weight is 436 g/mol. The summed E-state index contributed by atoms with van der Waals surface area (Å²) in [6.07, 6.45) is -1.27. The second-order valence-corrected chi connectivity index (χ2v) is 7.17. The molecule has 3 heterocycles. The van der Waals surface area contributed by atoms with Crippen LogP contribution in [0.4, 0.5) is 5.82 Å². The molecule has 10 heteroatoms. The number of aliphatic hydroxyl groups excluding tert-OH is 3.